The van der Waals surface area contributed by atoms with E-state index in [9.17, 15) is 14.4 Å². The summed E-state index contributed by atoms with van der Waals surface area (Å²) in [6, 6.07) is 3.77. The maximum atomic E-state index is 11.9. The highest BCUT2D eigenvalue weighted by Crippen LogP contribution is 2.20. The first-order valence-corrected chi connectivity index (χ1v) is 6.51. The first-order chi connectivity index (χ1) is 9.33. The largest absolute Gasteiger partial charge is 0.478 e. The van der Waals surface area contributed by atoms with Crippen molar-refractivity contribution in [1.82, 2.24) is 4.90 Å². The van der Waals surface area contributed by atoms with Crippen molar-refractivity contribution < 1.29 is 19.5 Å². The number of halogens is 1. The molecule has 1 aromatic carbocycles. The van der Waals surface area contributed by atoms with Gasteiger partial charge in [0.05, 0.1) is 5.56 Å². The molecule has 0 fully saturated rings. The Balaban J connectivity index is 2.89. The molecule has 0 heterocycles. The summed E-state index contributed by atoms with van der Waals surface area (Å²) in [5, 5.41) is 11.5. The highest BCUT2D eigenvalue weighted by atomic mass is 79.9. The van der Waals surface area contributed by atoms with Crippen molar-refractivity contribution in [2.75, 3.05) is 18.4 Å². The fourth-order valence-corrected chi connectivity index (χ4v) is 2.00. The summed E-state index contributed by atoms with van der Waals surface area (Å²) in [6.07, 6.45) is 0. The number of nitrogens with zero attached hydrogens (tertiary/aromatic N) is 1. The summed E-state index contributed by atoms with van der Waals surface area (Å²) in [5.41, 5.74) is 5.39. The summed E-state index contributed by atoms with van der Waals surface area (Å²) < 4.78 is 0.519. The van der Waals surface area contributed by atoms with E-state index in [1.54, 1.807) is 13.0 Å². The topological polar surface area (TPSA) is 113 Å². The molecule has 8 heteroatoms. The minimum atomic E-state index is -1.11. The lowest BCUT2D eigenvalue weighted by molar-refractivity contribution is -0.118. The smallest absolute Gasteiger partial charge is 0.335 e. The monoisotopic (exact) mass is 343 g/mol. The molecule has 0 saturated carbocycles. The van der Waals surface area contributed by atoms with Crippen molar-refractivity contribution in [3.63, 3.8) is 0 Å². The summed E-state index contributed by atoms with van der Waals surface area (Å²) in [5.74, 6) is -1.73. The molecule has 0 saturated heterocycles. The minimum absolute atomic E-state index is 0.0348. The molecular weight excluding hydrogens is 330 g/mol. The number of likely N-dealkylation sites (N-methyl/N-ethyl adjacent to an activating group) is 1. The van der Waals surface area contributed by atoms with Gasteiger partial charge in [0.15, 0.2) is 0 Å². The lowest BCUT2D eigenvalue weighted by Gasteiger charge is -2.19. The van der Waals surface area contributed by atoms with Crippen LogP contribution in [0.3, 0.4) is 0 Å². The molecule has 0 bridgehead atoms. The number of carboxylic acids is 1. The number of aromatic carboxylic acids is 1. The van der Waals surface area contributed by atoms with E-state index in [0.29, 0.717) is 16.7 Å². The van der Waals surface area contributed by atoms with Crippen LogP contribution in [0.2, 0.25) is 0 Å². The predicted molar refractivity (Wildman–Crippen MR) is 76.6 cm³/mol. The van der Waals surface area contributed by atoms with Gasteiger partial charge in [-0.1, -0.05) is 15.9 Å². The van der Waals surface area contributed by atoms with E-state index in [-0.39, 0.29) is 12.1 Å². The zero-order chi connectivity index (χ0) is 15.3. The molecule has 1 aromatic rings. The lowest BCUT2D eigenvalue weighted by Crippen LogP contribution is -2.40. The number of primary amides is 1. The Hall–Kier alpha value is -2.09. The molecule has 0 aliphatic carbocycles. The van der Waals surface area contributed by atoms with E-state index in [0.717, 1.165) is 0 Å². The normalized spacial score (nSPS) is 9.90. The van der Waals surface area contributed by atoms with Crippen molar-refractivity contribution in [3.05, 3.63) is 28.2 Å². The number of carboxylic acid groups (broad SMARTS) is 1. The number of nitrogens with two attached hydrogens (primary N) is 1. The predicted octanol–water partition coefficient (Wildman–Crippen LogP) is 1.49. The first-order valence-electron chi connectivity index (χ1n) is 5.71. The lowest BCUT2D eigenvalue weighted by atomic mass is 10.2. The number of benzene rings is 1. The van der Waals surface area contributed by atoms with Crippen molar-refractivity contribution >= 4 is 39.5 Å². The molecule has 1 rings (SSSR count). The van der Waals surface area contributed by atoms with Crippen LogP contribution in [0, 0.1) is 0 Å². The highest BCUT2D eigenvalue weighted by molar-refractivity contribution is 9.10. The van der Waals surface area contributed by atoms with Gasteiger partial charge in [0.2, 0.25) is 5.91 Å². The van der Waals surface area contributed by atoms with Gasteiger partial charge < -0.3 is 21.1 Å². The zero-order valence-electron chi connectivity index (χ0n) is 10.7. The number of carbonyl (C=O) groups is 3. The van der Waals surface area contributed by atoms with Gasteiger partial charge in [-0.3, -0.25) is 4.79 Å². The SMILES string of the molecule is CCN(CC(N)=O)C(=O)Nc1cc(Br)cc(C(=O)O)c1. The first kappa shape index (κ1) is 16.0. The fraction of sp³-hybridized carbons (Fsp3) is 0.250. The molecule has 0 aromatic heterocycles. The Kier molecular flexibility index (Phi) is 5.51. The van der Waals surface area contributed by atoms with Crippen LogP contribution in [0.4, 0.5) is 10.5 Å². The standard InChI is InChI=1S/C12H14BrN3O4/c1-2-16(6-10(14)17)12(20)15-9-4-7(11(18)19)3-8(13)5-9/h3-5H,2,6H2,1H3,(H2,14,17)(H,15,20)(H,18,19). The second kappa shape index (κ2) is 6.90. The average molecular weight is 344 g/mol. The van der Waals surface area contributed by atoms with Crippen LogP contribution in [-0.4, -0.2) is 41.0 Å². The van der Waals surface area contributed by atoms with Gasteiger partial charge >= 0.3 is 12.0 Å². The summed E-state index contributed by atoms with van der Waals surface area (Å²) in [4.78, 5) is 34.9. The van der Waals surface area contributed by atoms with Crippen LogP contribution in [0.25, 0.3) is 0 Å². The molecule has 0 unspecified atom stereocenters. The Labute approximate surface area is 123 Å². The Morgan fingerprint density at radius 2 is 2.00 bits per heavy atom. The van der Waals surface area contributed by atoms with E-state index in [1.165, 1.54) is 17.0 Å². The minimum Gasteiger partial charge on any atom is -0.478 e. The van der Waals surface area contributed by atoms with Gasteiger partial charge in [-0.05, 0) is 25.1 Å². The Morgan fingerprint density at radius 3 is 2.50 bits per heavy atom. The molecule has 7 nitrogen and oxygen atoms in total. The van der Waals surface area contributed by atoms with E-state index in [4.69, 9.17) is 10.8 Å². The third kappa shape index (κ3) is 4.54. The van der Waals surface area contributed by atoms with Crippen molar-refractivity contribution in [1.29, 1.82) is 0 Å². The molecule has 0 atom stereocenters. The van der Waals surface area contributed by atoms with Crippen LogP contribution >= 0.6 is 15.9 Å². The van der Waals surface area contributed by atoms with Crippen molar-refractivity contribution in [2.24, 2.45) is 5.73 Å². The highest BCUT2D eigenvalue weighted by Gasteiger charge is 2.15. The summed E-state index contributed by atoms with van der Waals surface area (Å²) >= 11 is 3.16. The average Bonchev–Trinajstić information content (AvgIpc) is 2.34. The van der Waals surface area contributed by atoms with Crippen LogP contribution in [0.5, 0.6) is 0 Å². The third-order valence-corrected chi connectivity index (χ3v) is 2.87. The number of hydrogen-bond donors (Lipinski definition) is 3. The molecule has 0 aliphatic rings. The number of amides is 3. The van der Waals surface area contributed by atoms with Crippen LogP contribution < -0.4 is 11.1 Å². The number of carbonyl (C=O) groups excluding carboxylic acids is 2. The van der Waals surface area contributed by atoms with E-state index in [2.05, 4.69) is 21.2 Å². The molecule has 0 radical (unpaired) electrons. The number of urea groups is 1. The zero-order valence-corrected chi connectivity index (χ0v) is 12.3. The van der Waals surface area contributed by atoms with Crippen molar-refractivity contribution in [2.45, 2.75) is 6.92 Å². The number of rotatable bonds is 5. The van der Waals surface area contributed by atoms with E-state index in [1.807, 2.05) is 0 Å². The second-order valence-corrected chi connectivity index (χ2v) is 4.86. The molecule has 3 amide bonds. The number of nitrogens with one attached hydrogen (secondary N) is 1. The molecule has 108 valence electrons. The van der Waals surface area contributed by atoms with Crippen LogP contribution in [0.15, 0.2) is 22.7 Å². The molecule has 0 spiro atoms. The van der Waals surface area contributed by atoms with Gasteiger partial charge in [0.25, 0.3) is 0 Å². The molecule has 0 aliphatic heterocycles. The molecule has 4 N–H and O–H groups in total. The van der Waals surface area contributed by atoms with E-state index < -0.39 is 17.9 Å². The van der Waals surface area contributed by atoms with Gasteiger partial charge in [-0.2, -0.15) is 0 Å². The second-order valence-electron chi connectivity index (χ2n) is 3.94. The Bertz CT molecular complexity index is 548. The maximum absolute atomic E-state index is 11.9. The summed E-state index contributed by atoms with van der Waals surface area (Å²) in [6.45, 7) is 1.79. The summed E-state index contributed by atoms with van der Waals surface area (Å²) in [7, 11) is 0. The van der Waals surface area contributed by atoms with Gasteiger partial charge in [-0.25, -0.2) is 9.59 Å². The molecular formula is C12H14BrN3O4. The van der Waals surface area contributed by atoms with E-state index >= 15 is 0 Å². The Morgan fingerprint density at radius 1 is 1.35 bits per heavy atom. The van der Waals surface area contributed by atoms with Gasteiger partial charge in [0, 0.05) is 16.7 Å². The number of anilines is 1. The van der Waals surface area contributed by atoms with Gasteiger partial charge in [0.1, 0.15) is 6.54 Å². The fourth-order valence-electron chi connectivity index (χ4n) is 1.50. The quantitative estimate of drug-likeness (QED) is 0.751. The van der Waals surface area contributed by atoms with Crippen LogP contribution in [-0.2, 0) is 4.79 Å². The van der Waals surface area contributed by atoms with Crippen molar-refractivity contribution in [3.8, 4) is 0 Å². The molecule has 20 heavy (non-hydrogen) atoms. The third-order valence-electron chi connectivity index (χ3n) is 2.41. The van der Waals surface area contributed by atoms with Crippen LogP contribution in [0.1, 0.15) is 17.3 Å². The maximum Gasteiger partial charge on any atom is 0.335 e. The number of hydrogen-bond acceptors (Lipinski definition) is 3. The van der Waals surface area contributed by atoms with Gasteiger partial charge in [-0.15, -0.1) is 0 Å².